The quantitative estimate of drug-likeness (QED) is 0.836. The molecule has 3 rings (SSSR count). The molecule has 1 fully saturated rings. The topological polar surface area (TPSA) is 54.3 Å². The fraction of sp³-hybridized carbons (Fsp3) is 0.571. The summed E-state index contributed by atoms with van der Waals surface area (Å²) in [7, 11) is 0. The lowest BCUT2D eigenvalue weighted by Crippen LogP contribution is -2.50. The molecule has 1 aromatic heterocycles. The highest BCUT2D eigenvalue weighted by Gasteiger charge is 2.34. The molecule has 0 saturated carbocycles. The van der Waals surface area contributed by atoms with Crippen molar-refractivity contribution in [1.29, 1.82) is 0 Å². The molecule has 3 heterocycles. The first-order chi connectivity index (χ1) is 9.13. The first-order valence-corrected chi connectivity index (χ1v) is 6.80. The smallest absolute Gasteiger partial charge is 0.250 e. The first-order valence-electron chi connectivity index (χ1n) is 6.80. The van der Waals surface area contributed by atoms with Crippen molar-refractivity contribution in [2.24, 2.45) is 5.92 Å². The highest BCUT2D eigenvalue weighted by molar-refractivity contribution is 5.72. The van der Waals surface area contributed by atoms with Crippen molar-refractivity contribution in [3.05, 3.63) is 34.2 Å². The van der Waals surface area contributed by atoms with Gasteiger partial charge in [0.25, 0.3) is 5.56 Å². The number of nitrogens with one attached hydrogen (secondary N) is 1. The van der Waals surface area contributed by atoms with Crippen LogP contribution < -0.4 is 10.9 Å². The van der Waals surface area contributed by atoms with E-state index in [1.807, 2.05) is 10.6 Å². The van der Waals surface area contributed by atoms with Crippen molar-refractivity contribution in [2.45, 2.75) is 25.8 Å². The molecule has 19 heavy (non-hydrogen) atoms. The van der Waals surface area contributed by atoms with E-state index >= 15 is 0 Å². The van der Waals surface area contributed by atoms with Gasteiger partial charge in [-0.25, -0.2) is 0 Å². The monoisotopic (exact) mass is 261 g/mol. The largest absolute Gasteiger partial charge is 0.344 e. The van der Waals surface area contributed by atoms with Gasteiger partial charge < -0.3 is 9.88 Å². The summed E-state index contributed by atoms with van der Waals surface area (Å²) < 4.78 is 1.93. The predicted octanol–water partition coefficient (Wildman–Crippen LogP) is 0.361. The number of fused-ring (bicyclic) bond motifs is 4. The summed E-state index contributed by atoms with van der Waals surface area (Å²) >= 11 is 0. The van der Waals surface area contributed by atoms with Gasteiger partial charge in [0.15, 0.2) is 0 Å². The molecule has 2 aliphatic heterocycles. The molecule has 1 N–H and O–H groups in total. The standard InChI is InChI=1S/C14H19N3O2/c1-10(18)15-9-16-6-11-5-12(8-16)13-3-2-4-14(19)17(13)7-11/h2-4,11-12H,5-9H2,1H3,(H,15,18)/t11-,12+/m0/s1. The SMILES string of the molecule is CC(=O)NCN1C[C@@H]2C[C@H](C1)c1cccc(=O)n1C2. The Kier molecular flexibility index (Phi) is 3.14. The summed E-state index contributed by atoms with van der Waals surface area (Å²) in [6.45, 7) is 4.83. The van der Waals surface area contributed by atoms with Gasteiger partial charge in [-0.2, -0.15) is 0 Å². The van der Waals surface area contributed by atoms with Crippen LogP contribution in [0.25, 0.3) is 0 Å². The average Bonchev–Trinajstić information content (AvgIpc) is 2.38. The molecule has 1 aromatic rings. The number of hydrogen-bond donors (Lipinski definition) is 1. The Bertz CT molecular complexity index is 552. The maximum absolute atomic E-state index is 11.9. The Labute approximate surface area is 112 Å². The van der Waals surface area contributed by atoms with Crippen LogP contribution in [0.2, 0.25) is 0 Å². The van der Waals surface area contributed by atoms with Gasteiger partial charge in [-0.15, -0.1) is 0 Å². The molecule has 0 aromatic carbocycles. The third-order valence-corrected chi connectivity index (χ3v) is 4.11. The van der Waals surface area contributed by atoms with Crippen LogP contribution in [0.5, 0.6) is 0 Å². The molecule has 0 spiro atoms. The van der Waals surface area contributed by atoms with Crippen molar-refractivity contribution < 1.29 is 4.79 Å². The van der Waals surface area contributed by atoms with Crippen LogP contribution in [0.1, 0.15) is 25.0 Å². The van der Waals surface area contributed by atoms with E-state index in [0.29, 0.717) is 18.5 Å². The third-order valence-electron chi connectivity index (χ3n) is 4.11. The zero-order chi connectivity index (χ0) is 13.4. The molecule has 5 nitrogen and oxygen atoms in total. The van der Waals surface area contributed by atoms with Crippen LogP contribution in [0, 0.1) is 5.92 Å². The highest BCUT2D eigenvalue weighted by Crippen LogP contribution is 2.34. The molecule has 2 atom stereocenters. The minimum Gasteiger partial charge on any atom is -0.344 e. The Morgan fingerprint density at radius 1 is 1.37 bits per heavy atom. The van der Waals surface area contributed by atoms with Crippen LogP contribution in [-0.4, -0.2) is 35.1 Å². The van der Waals surface area contributed by atoms with Crippen molar-refractivity contribution in [1.82, 2.24) is 14.8 Å². The second-order valence-electron chi connectivity index (χ2n) is 5.63. The molecule has 5 heteroatoms. The minimum atomic E-state index is 0.00681. The molecular weight excluding hydrogens is 242 g/mol. The molecule has 1 saturated heterocycles. The van der Waals surface area contributed by atoms with E-state index < -0.39 is 0 Å². The minimum absolute atomic E-state index is 0.00681. The summed E-state index contributed by atoms with van der Waals surface area (Å²) in [4.78, 5) is 25.2. The number of pyridine rings is 1. The third kappa shape index (κ3) is 2.42. The number of nitrogens with zero attached hydrogens (tertiary/aromatic N) is 2. The van der Waals surface area contributed by atoms with Crippen LogP contribution in [-0.2, 0) is 11.3 Å². The average molecular weight is 261 g/mol. The summed E-state index contributed by atoms with van der Waals surface area (Å²) in [5.74, 6) is 0.933. The van der Waals surface area contributed by atoms with Gasteiger partial charge in [0.2, 0.25) is 5.91 Å². The van der Waals surface area contributed by atoms with Crippen LogP contribution in [0.4, 0.5) is 0 Å². The normalized spacial score (nSPS) is 25.7. The van der Waals surface area contributed by atoms with E-state index in [-0.39, 0.29) is 11.5 Å². The van der Waals surface area contributed by atoms with E-state index in [0.717, 1.165) is 31.7 Å². The molecule has 2 bridgehead atoms. The van der Waals surface area contributed by atoms with Gasteiger partial charge in [-0.1, -0.05) is 6.07 Å². The Morgan fingerprint density at radius 3 is 3.00 bits per heavy atom. The predicted molar refractivity (Wildman–Crippen MR) is 71.8 cm³/mol. The molecule has 0 radical (unpaired) electrons. The number of carbonyl (C=O) groups excluding carboxylic acids is 1. The fourth-order valence-corrected chi connectivity index (χ4v) is 3.35. The number of aromatic nitrogens is 1. The lowest BCUT2D eigenvalue weighted by atomic mass is 9.83. The fourth-order valence-electron chi connectivity index (χ4n) is 3.35. The molecule has 102 valence electrons. The Morgan fingerprint density at radius 2 is 2.21 bits per heavy atom. The zero-order valence-corrected chi connectivity index (χ0v) is 11.1. The van der Waals surface area contributed by atoms with Crippen molar-refractivity contribution >= 4 is 5.91 Å². The Hall–Kier alpha value is -1.62. The number of rotatable bonds is 2. The lowest BCUT2D eigenvalue weighted by molar-refractivity contribution is -0.119. The number of amides is 1. The van der Waals surface area contributed by atoms with E-state index in [9.17, 15) is 9.59 Å². The number of piperidine rings is 1. The van der Waals surface area contributed by atoms with Gasteiger partial charge in [0, 0.05) is 44.2 Å². The summed E-state index contributed by atoms with van der Waals surface area (Å²) in [6.07, 6.45) is 1.15. The summed E-state index contributed by atoms with van der Waals surface area (Å²) in [6, 6.07) is 5.55. The van der Waals surface area contributed by atoms with Gasteiger partial charge in [-0.05, 0) is 18.4 Å². The van der Waals surface area contributed by atoms with Gasteiger partial charge in [0.1, 0.15) is 0 Å². The van der Waals surface area contributed by atoms with E-state index in [4.69, 9.17) is 0 Å². The molecule has 0 unspecified atom stereocenters. The van der Waals surface area contributed by atoms with Gasteiger partial charge >= 0.3 is 0 Å². The van der Waals surface area contributed by atoms with E-state index in [1.54, 1.807) is 13.0 Å². The maximum Gasteiger partial charge on any atom is 0.250 e. The van der Waals surface area contributed by atoms with Crippen LogP contribution in [0.15, 0.2) is 23.0 Å². The zero-order valence-electron chi connectivity index (χ0n) is 11.1. The van der Waals surface area contributed by atoms with E-state index in [2.05, 4.69) is 16.3 Å². The second kappa shape index (κ2) is 4.81. The molecule has 1 amide bonds. The van der Waals surface area contributed by atoms with Crippen molar-refractivity contribution in [3.63, 3.8) is 0 Å². The number of likely N-dealkylation sites (tertiary alicyclic amines) is 1. The van der Waals surface area contributed by atoms with Gasteiger partial charge in [0.05, 0.1) is 6.67 Å². The molecule has 0 aliphatic carbocycles. The summed E-state index contributed by atoms with van der Waals surface area (Å²) in [5.41, 5.74) is 1.26. The lowest BCUT2D eigenvalue weighted by Gasteiger charge is -2.42. The number of hydrogen-bond acceptors (Lipinski definition) is 3. The van der Waals surface area contributed by atoms with Crippen molar-refractivity contribution in [3.8, 4) is 0 Å². The molecular formula is C14H19N3O2. The maximum atomic E-state index is 11.9. The summed E-state index contributed by atoms with van der Waals surface area (Å²) in [5, 5.41) is 2.86. The number of carbonyl (C=O) groups is 1. The Balaban J connectivity index is 1.80. The van der Waals surface area contributed by atoms with Crippen LogP contribution >= 0.6 is 0 Å². The van der Waals surface area contributed by atoms with Crippen LogP contribution in [0.3, 0.4) is 0 Å². The highest BCUT2D eigenvalue weighted by atomic mass is 16.1. The second-order valence-corrected chi connectivity index (χ2v) is 5.63. The first kappa shape index (κ1) is 12.4. The van der Waals surface area contributed by atoms with Gasteiger partial charge in [-0.3, -0.25) is 14.5 Å². The molecule has 2 aliphatic rings. The van der Waals surface area contributed by atoms with Crippen molar-refractivity contribution in [2.75, 3.05) is 19.8 Å². The van der Waals surface area contributed by atoms with E-state index in [1.165, 1.54) is 0 Å².